The fraction of sp³-hybridized carbons (Fsp3) is 0.667. The minimum atomic E-state index is -4.44. The van der Waals surface area contributed by atoms with Crippen molar-refractivity contribution in [3.8, 4) is 0 Å². The lowest BCUT2D eigenvalue weighted by atomic mass is 9.90. The maximum absolute atomic E-state index is 12.6. The van der Waals surface area contributed by atoms with Gasteiger partial charge in [0.05, 0.1) is 19.3 Å². The highest BCUT2D eigenvalue weighted by Crippen LogP contribution is 2.43. The summed E-state index contributed by atoms with van der Waals surface area (Å²) in [6.45, 7) is 3.33. The smallest absolute Gasteiger partial charge is 0.462 e. The normalized spacial score (nSPS) is 18.2. The van der Waals surface area contributed by atoms with Gasteiger partial charge in [-0.1, -0.05) is 126 Å². The van der Waals surface area contributed by atoms with E-state index < -0.39 is 38.6 Å². The Morgan fingerprint density at radius 2 is 1.40 bits per heavy atom. The third-order valence-corrected chi connectivity index (χ3v) is 10.3. The Balaban J connectivity index is 2.39. The summed E-state index contributed by atoms with van der Waals surface area (Å²) < 4.78 is 32.7. The maximum Gasteiger partial charge on any atom is 0.472 e. The molecule has 11 nitrogen and oxygen atoms in total. The number of carbonyl (C=O) groups is 3. The lowest BCUT2D eigenvalue weighted by Crippen LogP contribution is -2.29. The molecule has 0 heterocycles. The summed E-state index contributed by atoms with van der Waals surface area (Å²) in [6.07, 6.45) is 39.9. The summed E-state index contributed by atoms with van der Waals surface area (Å²) in [7, 11) is -4.44. The molecule has 0 bridgehead atoms. The SMILES string of the molecule is CCCCC/C=C\C/C=C\C/C=C\CCCCCCC(=O)O[C@H](COC(=O)CCC/C=C\C[C@H]1C=CC(=O)[C@@H]1/C=C/[C@@H](O)CCCCC)COP(=O)(O)OCCN. The predicted molar refractivity (Wildman–Crippen MR) is 228 cm³/mol. The topological polar surface area (TPSA) is 172 Å². The van der Waals surface area contributed by atoms with Crippen molar-refractivity contribution >= 4 is 25.5 Å². The van der Waals surface area contributed by atoms with Crippen LogP contribution in [-0.2, 0) is 37.5 Å². The van der Waals surface area contributed by atoms with Gasteiger partial charge in [0.25, 0.3) is 0 Å². The average molecular weight is 820 g/mol. The first kappa shape index (κ1) is 52.1. The number of hydrogen-bond acceptors (Lipinski definition) is 10. The Hall–Kier alpha value is -2.92. The molecule has 0 saturated heterocycles. The number of nitrogens with two attached hydrogens (primary N) is 1. The molecule has 0 aliphatic heterocycles. The molecule has 12 heteroatoms. The number of phosphoric ester groups is 1. The third kappa shape index (κ3) is 29.9. The Kier molecular flexibility index (Phi) is 32.0. The minimum Gasteiger partial charge on any atom is -0.462 e. The van der Waals surface area contributed by atoms with Gasteiger partial charge in [-0.05, 0) is 82.6 Å². The summed E-state index contributed by atoms with van der Waals surface area (Å²) in [6, 6.07) is 0. The first-order valence-electron chi connectivity index (χ1n) is 21.5. The Labute approximate surface area is 343 Å². The van der Waals surface area contributed by atoms with E-state index in [1.54, 1.807) is 12.2 Å². The molecule has 0 fully saturated rings. The third-order valence-electron chi connectivity index (χ3n) is 9.31. The summed E-state index contributed by atoms with van der Waals surface area (Å²) in [4.78, 5) is 47.4. The summed E-state index contributed by atoms with van der Waals surface area (Å²) in [5, 5.41) is 10.2. The number of allylic oxidation sites excluding steroid dienone is 11. The van der Waals surface area contributed by atoms with Gasteiger partial charge in [-0.15, -0.1) is 0 Å². The largest absolute Gasteiger partial charge is 0.472 e. The average Bonchev–Trinajstić information content (AvgIpc) is 3.54. The van der Waals surface area contributed by atoms with Crippen molar-refractivity contribution in [1.29, 1.82) is 0 Å². The van der Waals surface area contributed by atoms with E-state index in [0.29, 0.717) is 32.1 Å². The molecule has 0 aromatic carbocycles. The molecule has 324 valence electrons. The Morgan fingerprint density at radius 1 is 0.789 bits per heavy atom. The van der Waals surface area contributed by atoms with Crippen molar-refractivity contribution in [2.75, 3.05) is 26.4 Å². The van der Waals surface area contributed by atoms with Gasteiger partial charge < -0.3 is 25.2 Å². The van der Waals surface area contributed by atoms with E-state index in [0.717, 1.165) is 64.2 Å². The second-order valence-corrected chi connectivity index (χ2v) is 16.0. The van der Waals surface area contributed by atoms with Gasteiger partial charge in [-0.3, -0.25) is 23.4 Å². The minimum absolute atomic E-state index is 0.0174. The highest BCUT2D eigenvalue weighted by atomic mass is 31.2. The number of esters is 2. The fourth-order valence-corrected chi connectivity index (χ4v) is 6.75. The molecular formula is C45H74NO10P. The Bertz CT molecular complexity index is 1310. The quantitative estimate of drug-likeness (QED) is 0.0238. The van der Waals surface area contributed by atoms with Crippen LogP contribution in [0, 0.1) is 11.8 Å². The van der Waals surface area contributed by atoms with Crippen molar-refractivity contribution in [3.63, 3.8) is 0 Å². The molecule has 5 atom stereocenters. The van der Waals surface area contributed by atoms with Crippen molar-refractivity contribution in [2.45, 2.75) is 154 Å². The fourth-order valence-electron chi connectivity index (χ4n) is 5.98. The van der Waals surface area contributed by atoms with E-state index in [2.05, 4.69) is 50.3 Å². The van der Waals surface area contributed by atoms with Crippen LogP contribution in [0.5, 0.6) is 0 Å². The van der Waals surface area contributed by atoms with Crippen molar-refractivity contribution in [1.82, 2.24) is 0 Å². The molecule has 0 amide bonds. The molecule has 1 aliphatic rings. The van der Waals surface area contributed by atoms with E-state index in [-0.39, 0.29) is 50.2 Å². The van der Waals surface area contributed by atoms with Crippen LogP contribution in [0.1, 0.15) is 142 Å². The number of rotatable bonds is 36. The van der Waals surface area contributed by atoms with Crippen LogP contribution in [0.4, 0.5) is 0 Å². The van der Waals surface area contributed by atoms with E-state index in [1.165, 1.54) is 19.3 Å². The second-order valence-electron chi connectivity index (χ2n) is 14.5. The zero-order valence-corrected chi connectivity index (χ0v) is 35.8. The summed E-state index contributed by atoms with van der Waals surface area (Å²) in [5.74, 6) is -1.23. The van der Waals surface area contributed by atoms with E-state index in [4.69, 9.17) is 24.3 Å². The zero-order valence-electron chi connectivity index (χ0n) is 34.9. The van der Waals surface area contributed by atoms with Gasteiger partial charge in [0.1, 0.15) is 6.61 Å². The van der Waals surface area contributed by atoms with Gasteiger partial charge in [0.15, 0.2) is 11.9 Å². The van der Waals surface area contributed by atoms with E-state index >= 15 is 0 Å². The number of hydrogen-bond donors (Lipinski definition) is 3. The van der Waals surface area contributed by atoms with Crippen molar-refractivity contribution in [3.05, 3.63) is 72.9 Å². The molecule has 0 aromatic rings. The number of aliphatic hydroxyl groups excluding tert-OH is 1. The zero-order chi connectivity index (χ0) is 41.8. The van der Waals surface area contributed by atoms with Gasteiger partial charge in [-0.25, -0.2) is 4.57 Å². The highest BCUT2D eigenvalue weighted by molar-refractivity contribution is 7.47. The maximum atomic E-state index is 12.6. The number of unbranched alkanes of at least 4 members (excludes halogenated alkanes) is 10. The van der Waals surface area contributed by atoms with Crippen LogP contribution in [0.25, 0.3) is 0 Å². The molecule has 1 aliphatic carbocycles. The number of phosphoric acid groups is 1. The van der Waals surface area contributed by atoms with E-state index in [1.807, 2.05) is 24.3 Å². The molecule has 0 spiro atoms. The molecule has 0 saturated carbocycles. The van der Waals surface area contributed by atoms with Crippen LogP contribution in [0.15, 0.2) is 72.9 Å². The molecule has 0 aromatic heterocycles. The molecular weight excluding hydrogens is 745 g/mol. The van der Waals surface area contributed by atoms with Gasteiger partial charge in [0.2, 0.25) is 0 Å². The molecule has 1 rings (SSSR count). The van der Waals surface area contributed by atoms with Crippen molar-refractivity contribution < 1.29 is 47.5 Å². The predicted octanol–water partition coefficient (Wildman–Crippen LogP) is 9.89. The monoisotopic (exact) mass is 820 g/mol. The number of aliphatic hydroxyl groups is 1. The van der Waals surface area contributed by atoms with Gasteiger partial charge in [0, 0.05) is 25.3 Å². The lowest BCUT2D eigenvalue weighted by Gasteiger charge is -2.19. The molecule has 57 heavy (non-hydrogen) atoms. The highest BCUT2D eigenvalue weighted by Gasteiger charge is 2.27. The van der Waals surface area contributed by atoms with Crippen LogP contribution in [0.3, 0.4) is 0 Å². The molecule has 1 unspecified atom stereocenters. The van der Waals surface area contributed by atoms with Crippen LogP contribution < -0.4 is 5.73 Å². The number of ether oxygens (including phenoxy) is 2. The van der Waals surface area contributed by atoms with Crippen LogP contribution >= 0.6 is 7.82 Å². The summed E-state index contributed by atoms with van der Waals surface area (Å²) >= 11 is 0. The standard InChI is InChI=1S/C45H74NO10P/c1-3-5-7-8-9-10-11-12-13-14-15-16-17-18-19-20-26-30-45(50)56-41(38-55-57(51,52)54-36-35-46)37-53-44(49)29-25-22-21-24-27-39-31-34-43(48)42(39)33-32-40(47)28-23-6-4-2/h9-10,12-13,15-16,21,24,31-34,39-42,47H,3-8,11,14,17-20,22-23,25-30,35-38,46H2,1-2H3,(H,51,52)/b10-9-,13-12-,16-15-,24-21-,33-32+/t39-,40-,41+,42+/m0/s1. The molecule has 4 N–H and O–H groups in total. The Morgan fingerprint density at radius 3 is 2.11 bits per heavy atom. The van der Waals surface area contributed by atoms with Gasteiger partial charge in [-0.2, -0.15) is 0 Å². The first-order valence-corrected chi connectivity index (χ1v) is 23.0. The van der Waals surface area contributed by atoms with Crippen LogP contribution in [0.2, 0.25) is 0 Å². The second kappa shape index (κ2) is 35.1. The van der Waals surface area contributed by atoms with Crippen molar-refractivity contribution in [2.24, 2.45) is 17.6 Å². The van der Waals surface area contributed by atoms with Crippen LogP contribution in [-0.4, -0.2) is 66.3 Å². The number of carbonyl (C=O) groups excluding carboxylic acids is 3. The number of ketones is 1. The molecule has 0 radical (unpaired) electrons. The van der Waals surface area contributed by atoms with E-state index in [9.17, 15) is 28.9 Å². The lowest BCUT2D eigenvalue weighted by molar-refractivity contribution is -0.161. The first-order chi connectivity index (χ1) is 27.6. The van der Waals surface area contributed by atoms with Gasteiger partial charge >= 0.3 is 19.8 Å². The summed E-state index contributed by atoms with van der Waals surface area (Å²) in [5.41, 5.74) is 5.34.